The van der Waals surface area contributed by atoms with Crippen molar-refractivity contribution in [2.45, 2.75) is 98.8 Å². The number of carbonyl (C=O) groups excluding carboxylic acids is 3. The van der Waals surface area contributed by atoms with Gasteiger partial charge in [-0.05, 0) is 39.7 Å². The van der Waals surface area contributed by atoms with E-state index in [2.05, 4.69) is 12.2 Å². The van der Waals surface area contributed by atoms with Gasteiger partial charge in [0, 0.05) is 19.5 Å². The summed E-state index contributed by atoms with van der Waals surface area (Å²) in [7, 11) is 0. The van der Waals surface area contributed by atoms with Gasteiger partial charge in [-0.2, -0.15) is 0 Å². The van der Waals surface area contributed by atoms with Gasteiger partial charge in [0.1, 0.15) is 5.00 Å². The molecule has 0 unspecified atom stereocenters. The zero-order chi connectivity index (χ0) is 23.9. The van der Waals surface area contributed by atoms with Gasteiger partial charge >= 0.3 is 5.97 Å². The molecular formula is C25H42N2O4S. The Bertz CT molecular complexity index is 726. The number of hydrogen-bond acceptors (Lipinski definition) is 5. The molecule has 6 nitrogen and oxygen atoms in total. The second-order valence-electron chi connectivity index (χ2n) is 8.08. The molecule has 32 heavy (non-hydrogen) atoms. The number of nitrogens with one attached hydrogen (secondary N) is 1. The molecule has 0 aromatic carbocycles. The van der Waals surface area contributed by atoms with Crippen LogP contribution in [0.1, 0.15) is 117 Å². The van der Waals surface area contributed by atoms with Crippen LogP contribution < -0.4 is 5.32 Å². The van der Waals surface area contributed by atoms with E-state index >= 15 is 0 Å². The summed E-state index contributed by atoms with van der Waals surface area (Å²) in [5, 5.41) is 3.29. The largest absolute Gasteiger partial charge is 0.462 e. The summed E-state index contributed by atoms with van der Waals surface area (Å²) in [6.07, 6.45) is 11.1. The summed E-state index contributed by atoms with van der Waals surface area (Å²) in [6.45, 7) is 11.0. The summed E-state index contributed by atoms with van der Waals surface area (Å²) in [5.74, 6) is -0.748. The number of hydrogen-bond donors (Lipinski definition) is 1. The second kappa shape index (κ2) is 15.8. The van der Waals surface area contributed by atoms with E-state index in [0.29, 0.717) is 40.5 Å². The maximum Gasteiger partial charge on any atom is 0.341 e. The van der Waals surface area contributed by atoms with E-state index in [1.807, 2.05) is 13.8 Å². The molecule has 1 aromatic rings. The van der Waals surface area contributed by atoms with E-state index in [1.54, 1.807) is 18.7 Å². The van der Waals surface area contributed by atoms with Crippen molar-refractivity contribution in [3.8, 4) is 0 Å². The molecule has 0 spiro atoms. The maximum atomic E-state index is 12.9. The Hall–Kier alpha value is -1.89. The minimum Gasteiger partial charge on any atom is -0.462 e. The van der Waals surface area contributed by atoms with Gasteiger partial charge in [0.2, 0.25) is 5.91 Å². The van der Waals surface area contributed by atoms with Gasteiger partial charge < -0.3 is 15.0 Å². The third-order valence-corrected chi connectivity index (χ3v) is 6.83. The van der Waals surface area contributed by atoms with Crippen LogP contribution in [0.15, 0.2) is 0 Å². The standard InChI is InChI=1S/C25H42N2O4S/c1-6-10-11-12-13-14-15-16-17-18-20(28)26-23-21(25(30)31-9-4)19(5)22(32-23)24(29)27(7-2)8-3/h6-18H2,1-5H3,(H,26,28). The van der Waals surface area contributed by atoms with Gasteiger partial charge in [-0.25, -0.2) is 4.79 Å². The van der Waals surface area contributed by atoms with Gasteiger partial charge in [0.25, 0.3) is 5.91 Å². The van der Waals surface area contributed by atoms with Crippen molar-refractivity contribution in [3.05, 3.63) is 16.0 Å². The van der Waals surface area contributed by atoms with Gasteiger partial charge in [-0.3, -0.25) is 9.59 Å². The molecule has 0 aliphatic carbocycles. The predicted octanol–water partition coefficient (Wildman–Crippen LogP) is 6.57. The number of thiophene rings is 1. The Morgan fingerprint density at radius 1 is 0.875 bits per heavy atom. The zero-order valence-corrected chi connectivity index (χ0v) is 21.5. The molecule has 0 saturated heterocycles. The van der Waals surface area contributed by atoms with Crippen molar-refractivity contribution in [1.29, 1.82) is 0 Å². The Morgan fingerprint density at radius 2 is 1.44 bits per heavy atom. The number of unbranched alkanes of at least 4 members (excludes halogenated alkanes) is 8. The van der Waals surface area contributed by atoms with Crippen LogP contribution in [0.4, 0.5) is 5.00 Å². The first-order valence-corrected chi connectivity index (χ1v) is 13.1. The Balaban J connectivity index is 2.71. The van der Waals surface area contributed by atoms with E-state index in [0.717, 1.165) is 19.3 Å². The van der Waals surface area contributed by atoms with Crippen LogP contribution in [-0.2, 0) is 9.53 Å². The first-order valence-electron chi connectivity index (χ1n) is 12.3. The van der Waals surface area contributed by atoms with Crippen LogP contribution in [0.5, 0.6) is 0 Å². The Kier molecular flexibility index (Phi) is 13.9. The molecule has 182 valence electrons. The number of anilines is 1. The van der Waals surface area contributed by atoms with Crippen LogP contribution in [0.2, 0.25) is 0 Å². The fourth-order valence-corrected chi connectivity index (χ4v) is 4.87. The molecule has 0 aliphatic heterocycles. The molecule has 0 bridgehead atoms. The third-order valence-electron chi connectivity index (χ3n) is 5.63. The van der Waals surface area contributed by atoms with Crippen molar-refractivity contribution in [3.63, 3.8) is 0 Å². The summed E-state index contributed by atoms with van der Waals surface area (Å²) >= 11 is 1.17. The molecule has 0 fully saturated rings. The number of esters is 1. The lowest BCUT2D eigenvalue weighted by atomic mass is 10.1. The zero-order valence-electron chi connectivity index (χ0n) is 20.7. The lowest BCUT2D eigenvalue weighted by Gasteiger charge is -2.18. The number of nitrogens with zero attached hydrogens (tertiary/aromatic N) is 1. The first kappa shape index (κ1) is 28.1. The molecule has 7 heteroatoms. The quantitative estimate of drug-likeness (QED) is 0.221. The highest BCUT2D eigenvalue weighted by Crippen LogP contribution is 2.35. The van der Waals surface area contributed by atoms with E-state index in [-0.39, 0.29) is 18.4 Å². The van der Waals surface area contributed by atoms with E-state index in [1.165, 1.54) is 49.9 Å². The van der Waals surface area contributed by atoms with Gasteiger partial charge in [0.15, 0.2) is 0 Å². The molecule has 0 aliphatic rings. The van der Waals surface area contributed by atoms with Crippen molar-refractivity contribution in [2.24, 2.45) is 0 Å². The number of carbonyl (C=O) groups is 3. The monoisotopic (exact) mass is 466 g/mol. The minimum absolute atomic E-state index is 0.123. The molecule has 1 rings (SSSR count). The second-order valence-corrected chi connectivity index (χ2v) is 9.11. The molecule has 0 atom stereocenters. The molecule has 2 amide bonds. The first-order chi connectivity index (χ1) is 15.4. The number of rotatable bonds is 16. The van der Waals surface area contributed by atoms with Crippen LogP contribution in [0.3, 0.4) is 0 Å². The average Bonchev–Trinajstić information content (AvgIpc) is 3.09. The molecule has 1 heterocycles. The smallest absolute Gasteiger partial charge is 0.341 e. The van der Waals surface area contributed by atoms with Crippen molar-refractivity contribution < 1.29 is 19.1 Å². The fraction of sp³-hybridized carbons (Fsp3) is 0.720. The van der Waals surface area contributed by atoms with E-state index in [9.17, 15) is 14.4 Å². The number of ether oxygens (including phenoxy) is 1. The fourth-order valence-electron chi connectivity index (χ4n) is 3.69. The lowest BCUT2D eigenvalue weighted by Crippen LogP contribution is -2.30. The predicted molar refractivity (Wildman–Crippen MR) is 133 cm³/mol. The third kappa shape index (κ3) is 8.93. The van der Waals surface area contributed by atoms with Gasteiger partial charge in [-0.1, -0.05) is 58.3 Å². The molecule has 0 radical (unpaired) electrons. The highest BCUT2D eigenvalue weighted by molar-refractivity contribution is 7.18. The SMILES string of the molecule is CCCCCCCCCCCC(=O)Nc1sc(C(=O)N(CC)CC)c(C)c1C(=O)OCC. The van der Waals surface area contributed by atoms with E-state index in [4.69, 9.17) is 4.74 Å². The van der Waals surface area contributed by atoms with Gasteiger partial charge in [0.05, 0.1) is 17.0 Å². The van der Waals surface area contributed by atoms with Crippen molar-refractivity contribution in [2.75, 3.05) is 25.0 Å². The highest BCUT2D eigenvalue weighted by atomic mass is 32.1. The summed E-state index contributed by atoms with van der Waals surface area (Å²) < 4.78 is 5.19. The lowest BCUT2D eigenvalue weighted by molar-refractivity contribution is -0.116. The topological polar surface area (TPSA) is 75.7 Å². The molecule has 0 saturated carbocycles. The van der Waals surface area contributed by atoms with Crippen molar-refractivity contribution in [1.82, 2.24) is 4.90 Å². The summed E-state index contributed by atoms with van der Waals surface area (Å²) in [5.41, 5.74) is 0.872. The molecule has 1 N–H and O–H groups in total. The Labute approximate surface area is 198 Å². The van der Waals surface area contributed by atoms with Crippen LogP contribution in [0.25, 0.3) is 0 Å². The summed E-state index contributed by atoms with van der Waals surface area (Å²) in [6, 6.07) is 0. The molecular weight excluding hydrogens is 424 g/mol. The van der Waals surface area contributed by atoms with E-state index < -0.39 is 5.97 Å². The minimum atomic E-state index is -0.502. The van der Waals surface area contributed by atoms with Crippen LogP contribution in [0, 0.1) is 6.92 Å². The summed E-state index contributed by atoms with van der Waals surface area (Å²) in [4.78, 5) is 40.2. The van der Waals surface area contributed by atoms with Crippen molar-refractivity contribution >= 4 is 34.1 Å². The highest BCUT2D eigenvalue weighted by Gasteiger charge is 2.28. The van der Waals surface area contributed by atoms with Crippen LogP contribution >= 0.6 is 11.3 Å². The average molecular weight is 467 g/mol. The normalized spacial score (nSPS) is 10.8. The Morgan fingerprint density at radius 3 is 1.97 bits per heavy atom. The van der Waals surface area contributed by atoms with Crippen LogP contribution in [-0.4, -0.2) is 42.4 Å². The van der Waals surface area contributed by atoms with Gasteiger partial charge in [-0.15, -0.1) is 11.3 Å². The number of amides is 2. The maximum absolute atomic E-state index is 12.9. The molecule has 1 aromatic heterocycles.